The van der Waals surface area contributed by atoms with Crippen molar-refractivity contribution in [3.63, 3.8) is 0 Å². The van der Waals surface area contributed by atoms with Gasteiger partial charge in [0, 0.05) is 10.9 Å². The van der Waals surface area contributed by atoms with Gasteiger partial charge < -0.3 is 15.2 Å². The molecule has 1 aromatic carbocycles. The van der Waals surface area contributed by atoms with Gasteiger partial charge in [0.05, 0.1) is 25.4 Å². The monoisotopic (exact) mass is 314 g/mol. The zero-order chi connectivity index (χ0) is 15.6. The van der Waals surface area contributed by atoms with Crippen LogP contribution >= 0.6 is 11.6 Å². The third-order valence-corrected chi connectivity index (χ3v) is 5.06. The number of nitrogens with two attached hydrogens (primary N) is 1. The van der Waals surface area contributed by atoms with E-state index in [1.807, 2.05) is 0 Å². The van der Waals surface area contributed by atoms with E-state index in [4.69, 9.17) is 26.8 Å². The van der Waals surface area contributed by atoms with Gasteiger partial charge in [0.1, 0.15) is 11.3 Å². The topological polar surface area (TPSA) is 104 Å². The minimum atomic E-state index is -1.48. The minimum absolute atomic E-state index is 0.0957. The lowest BCUT2D eigenvalue weighted by Crippen LogP contribution is -2.38. The first kappa shape index (κ1) is 13.5. The highest BCUT2D eigenvalue weighted by atomic mass is 35.5. The number of hydrogen-bond acceptors (Lipinski definition) is 6. The van der Waals surface area contributed by atoms with Crippen molar-refractivity contribution in [1.29, 1.82) is 10.5 Å². The first-order valence-electron chi connectivity index (χ1n) is 6.80. The van der Waals surface area contributed by atoms with Crippen molar-refractivity contribution < 1.29 is 9.47 Å². The molecule has 2 aliphatic heterocycles. The molecule has 0 amide bonds. The van der Waals surface area contributed by atoms with Gasteiger partial charge in [0.25, 0.3) is 5.91 Å². The Morgan fingerprint density at radius 2 is 1.82 bits per heavy atom. The zero-order valence-electron chi connectivity index (χ0n) is 11.4. The number of rotatable bonds is 1. The van der Waals surface area contributed by atoms with Crippen molar-refractivity contribution >= 4 is 17.4 Å². The molecule has 2 heterocycles. The molecule has 2 N–H and O–H groups in total. The number of fused-ring (bicyclic) bond motifs is 2. The maximum Gasteiger partial charge on any atom is 0.293 e. The van der Waals surface area contributed by atoms with Gasteiger partial charge in [-0.2, -0.15) is 10.5 Å². The van der Waals surface area contributed by atoms with Crippen LogP contribution < -0.4 is 5.73 Å². The molecule has 0 unspecified atom stereocenters. The summed E-state index contributed by atoms with van der Waals surface area (Å²) >= 11 is 5.92. The number of aliphatic imine (C=N–C) groups is 1. The third kappa shape index (κ3) is 1.17. The maximum atomic E-state index is 9.88. The molecule has 1 aromatic rings. The summed E-state index contributed by atoms with van der Waals surface area (Å²) in [6.07, 6.45) is 0. The van der Waals surface area contributed by atoms with Gasteiger partial charge in [-0.1, -0.05) is 23.7 Å². The highest BCUT2D eigenvalue weighted by Crippen LogP contribution is 2.82. The maximum absolute atomic E-state index is 9.88. The van der Waals surface area contributed by atoms with E-state index in [1.54, 1.807) is 24.3 Å². The van der Waals surface area contributed by atoms with E-state index in [-0.39, 0.29) is 5.84 Å². The average Bonchev–Trinajstić information content (AvgIpc) is 2.77. The minimum Gasteiger partial charge on any atom is -0.386 e. The first-order chi connectivity index (χ1) is 10.6. The molecule has 0 radical (unpaired) electrons. The van der Waals surface area contributed by atoms with Crippen LogP contribution in [0, 0.1) is 33.5 Å². The summed E-state index contributed by atoms with van der Waals surface area (Å²) in [5, 5.41) is 20.2. The average molecular weight is 315 g/mol. The molecule has 1 saturated carbocycles. The van der Waals surface area contributed by atoms with Crippen LogP contribution in [0.5, 0.6) is 0 Å². The van der Waals surface area contributed by atoms with E-state index in [1.165, 1.54) is 0 Å². The van der Waals surface area contributed by atoms with Crippen molar-refractivity contribution in [1.82, 2.24) is 0 Å². The molecular weight excluding hydrogens is 304 g/mol. The summed E-state index contributed by atoms with van der Waals surface area (Å²) in [4.78, 5) is 4.21. The molecule has 1 saturated heterocycles. The molecule has 1 aliphatic carbocycles. The van der Waals surface area contributed by atoms with Crippen molar-refractivity contribution in [3.05, 3.63) is 34.9 Å². The number of amidine groups is 1. The summed E-state index contributed by atoms with van der Waals surface area (Å²) in [6, 6.07) is 11.5. The number of nitrogens with zero attached hydrogens (tertiary/aromatic N) is 3. The van der Waals surface area contributed by atoms with Gasteiger partial charge in [-0.25, -0.2) is 4.99 Å². The van der Waals surface area contributed by atoms with Gasteiger partial charge in [-0.15, -0.1) is 0 Å². The zero-order valence-corrected chi connectivity index (χ0v) is 12.2. The summed E-state index contributed by atoms with van der Waals surface area (Å²) in [7, 11) is 0. The van der Waals surface area contributed by atoms with E-state index >= 15 is 0 Å². The highest BCUT2D eigenvalue weighted by molar-refractivity contribution is 6.30. The van der Waals surface area contributed by atoms with E-state index in [9.17, 15) is 10.5 Å². The standard InChI is InChI=1S/C15H11ClN4O2/c16-10-3-1-9(2-4-10)11-13(7-17)12(19)20-15(14(11,13)8-18)21-5-6-22-15/h1-4,11H,5-6H2,(H2,19,20)/t11-,13-,14-/m1/s1. The molecule has 110 valence electrons. The fraction of sp³-hybridized carbons (Fsp3) is 0.400. The number of benzene rings is 1. The largest absolute Gasteiger partial charge is 0.386 e. The van der Waals surface area contributed by atoms with Crippen molar-refractivity contribution in [2.75, 3.05) is 13.2 Å². The van der Waals surface area contributed by atoms with Crippen LogP contribution in [0.2, 0.25) is 5.02 Å². The highest BCUT2D eigenvalue weighted by Gasteiger charge is 2.94. The lowest BCUT2D eigenvalue weighted by Gasteiger charge is -2.25. The quantitative estimate of drug-likeness (QED) is 0.846. The predicted molar refractivity (Wildman–Crippen MR) is 76.5 cm³/mol. The van der Waals surface area contributed by atoms with E-state index in [2.05, 4.69) is 17.1 Å². The number of nitriles is 2. The van der Waals surface area contributed by atoms with Crippen LogP contribution in [0.3, 0.4) is 0 Å². The van der Waals surface area contributed by atoms with Gasteiger partial charge in [0.15, 0.2) is 5.41 Å². The van der Waals surface area contributed by atoms with Crippen molar-refractivity contribution in [2.24, 2.45) is 21.6 Å². The number of halogens is 1. The molecule has 6 nitrogen and oxygen atoms in total. The van der Waals surface area contributed by atoms with Crippen LogP contribution in [-0.4, -0.2) is 25.0 Å². The van der Waals surface area contributed by atoms with E-state index in [0.29, 0.717) is 18.2 Å². The van der Waals surface area contributed by atoms with Crippen LogP contribution in [0.25, 0.3) is 0 Å². The Morgan fingerprint density at radius 3 is 2.36 bits per heavy atom. The predicted octanol–water partition coefficient (Wildman–Crippen LogP) is 1.53. The number of hydrogen-bond donors (Lipinski definition) is 1. The Labute approximate surface area is 131 Å². The molecule has 22 heavy (non-hydrogen) atoms. The van der Waals surface area contributed by atoms with Gasteiger partial charge in [-0.05, 0) is 17.7 Å². The molecule has 3 aliphatic rings. The fourth-order valence-electron chi connectivity index (χ4n) is 3.87. The lowest BCUT2D eigenvalue weighted by atomic mass is 9.94. The molecule has 2 fully saturated rings. The van der Waals surface area contributed by atoms with Crippen molar-refractivity contribution in [3.8, 4) is 12.1 Å². The second-order valence-corrected chi connectivity index (χ2v) is 6.04. The molecule has 7 heteroatoms. The Hall–Kier alpha value is -2.12. The normalized spacial score (nSPS) is 37.2. The molecule has 0 aromatic heterocycles. The summed E-state index contributed by atoms with van der Waals surface area (Å²) in [6.45, 7) is 0.629. The van der Waals surface area contributed by atoms with E-state index in [0.717, 1.165) is 5.56 Å². The van der Waals surface area contributed by atoms with Crippen LogP contribution in [0.15, 0.2) is 29.3 Å². The van der Waals surface area contributed by atoms with Crippen LogP contribution in [0.4, 0.5) is 0 Å². The molecule has 3 atom stereocenters. The summed E-state index contributed by atoms with van der Waals surface area (Å²) < 4.78 is 11.3. The first-order valence-corrected chi connectivity index (χ1v) is 7.17. The molecule has 0 bridgehead atoms. The second kappa shape index (κ2) is 3.99. The Morgan fingerprint density at radius 1 is 1.18 bits per heavy atom. The smallest absolute Gasteiger partial charge is 0.293 e. The number of ether oxygens (including phenoxy) is 2. The van der Waals surface area contributed by atoms with Gasteiger partial charge in [-0.3, -0.25) is 0 Å². The Balaban J connectivity index is 1.92. The Kier molecular flexibility index (Phi) is 2.46. The second-order valence-electron chi connectivity index (χ2n) is 5.60. The van der Waals surface area contributed by atoms with Gasteiger partial charge >= 0.3 is 0 Å². The Bertz CT molecular complexity index is 772. The lowest BCUT2D eigenvalue weighted by molar-refractivity contribution is -0.184. The van der Waals surface area contributed by atoms with E-state index < -0.39 is 22.7 Å². The summed E-state index contributed by atoms with van der Waals surface area (Å²) in [5.74, 6) is -1.84. The molecular formula is C15H11ClN4O2. The van der Waals surface area contributed by atoms with Crippen molar-refractivity contribution in [2.45, 2.75) is 11.8 Å². The third-order valence-electron chi connectivity index (χ3n) is 4.81. The fourth-order valence-corrected chi connectivity index (χ4v) is 4.00. The molecule has 1 spiro atoms. The SMILES string of the molecule is N#C[C@@]12C(N)=NC3(OCCO3)[C@]1(C#N)[C@@H]2c1ccc(Cl)cc1. The summed E-state index contributed by atoms with van der Waals surface area (Å²) in [5.41, 5.74) is 4.34. The van der Waals surface area contributed by atoms with Crippen LogP contribution in [0.1, 0.15) is 11.5 Å². The van der Waals surface area contributed by atoms with Gasteiger partial charge in [0.2, 0.25) is 0 Å². The van der Waals surface area contributed by atoms with Crippen LogP contribution in [-0.2, 0) is 9.47 Å². The molecule has 4 rings (SSSR count).